The van der Waals surface area contributed by atoms with Gasteiger partial charge >= 0.3 is 0 Å². The van der Waals surface area contributed by atoms with Crippen molar-refractivity contribution in [3.05, 3.63) is 101 Å². The van der Waals surface area contributed by atoms with E-state index in [2.05, 4.69) is 4.90 Å². The Balaban J connectivity index is 1.69. The number of hydrogen-bond donors (Lipinski definition) is 1. The number of benzene rings is 3. The van der Waals surface area contributed by atoms with Crippen LogP contribution in [0.15, 0.2) is 78.9 Å². The number of halogens is 1. The van der Waals surface area contributed by atoms with E-state index in [-0.39, 0.29) is 5.82 Å². The summed E-state index contributed by atoms with van der Waals surface area (Å²) in [4.78, 5) is 2.18. The number of nitrogens with zero attached hydrogens (tertiary/aromatic N) is 1. The molecule has 0 fully saturated rings. The normalized spacial score (nSPS) is 12.1. The number of aliphatic hydroxyl groups excluding tert-OH is 1. The molecule has 3 rings (SSSR count). The molecule has 0 amide bonds. The van der Waals surface area contributed by atoms with Gasteiger partial charge in [-0.25, -0.2) is 4.39 Å². The molecule has 0 aliphatic carbocycles. The van der Waals surface area contributed by atoms with Crippen LogP contribution >= 0.6 is 0 Å². The molecule has 3 nitrogen and oxygen atoms in total. The molecule has 0 heterocycles. The van der Waals surface area contributed by atoms with E-state index in [1.54, 1.807) is 19.2 Å². The minimum Gasteiger partial charge on any atom is -0.497 e. The second-order valence-electron chi connectivity index (χ2n) is 6.99. The van der Waals surface area contributed by atoms with Gasteiger partial charge in [0.2, 0.25) is 0 Å². The van der Waals surface area contributed by atoms with Crippen LogP contribution in [0.2, 0.25) is 0 Å². The molecular formula is C24H26FNO2. The number of ether oxygens (including phenoxy) is 1. The van der Waals surface area contributed by atoms with E-state index in [1.165, 1.54) is 12.1 Å². The maximum absolute atomic E-state index is 13.2. The molecule has 0 aromatic heterocycles. The molecule has 1 atom stereocenters. The van der Waals surface area contributed by atoms with Crippen LogP contribution in [0.1, 0.15) is 16.7 Å². The van der Waals surface area contributed by atoms with Crippen molar-refractivity contribution in [1.82, 2.24) is 4.90 Å². The van der Waals surface area contributed by atoms with Crippen molar-refractivity contribution in [2.45, 2.75) is 25.6 Å². The highest BCUT2D eigenvalue weighted by Gasteiger charge is 2.14. The Morgan fingerprint density at radius 1 is 0.821 bits per heavy atom. The first-order valence-electron chi connectivity index (χ1n) is 9.44. The van der Waals surface area contributed by atoms with E-state index in [9.17, 15) is 9.50 Å². The summed E-state index contributed by atoms with van der Waals surface area (Å²) >= 11 is 0. The van der Waals surface area contributed by atoms with Crippen molar-refractivity contribution in [3.63, 3.8) is 0 Å². The molecule has 0 bridgehead atoms. The predicted molar refractivity (Wildman–Crippen MR) is 110 cm³/mol. The average Bonchev–Trinajstić information content (AvgIpc) is 2.71. The van der Waals surface area contributed by atoms with Crippen LogP contribution in [0.3, 0.4) is 0 Å². The van der Waals surface area contributed by atoms with Gasteiger partial charge in [0.05, 0.1) is 13.2 Å². The van der Waals surface area contributed by atoms with Gasteiger partial charge in [0.1, 0.15) is 11.6 Å². The van der Waals surface area contributed by atoms with Crippen LogP contribution in [0.25, 0.3) is 0 Å². The molecule has 4 heteroatoms. The van der Waals surface area contributed by atoms with Gasteiger partial charge in [0.15, 0.2) is 0 Å². The first-order valence-corrected chi connectivity index (χ1v) is 9.44. The Kier molecular flexibility index (Phi) is 7.18. The molecule has 0 radical (unpaired) electrons. The largest absolute Gasteiger partial charge is 0.497 e. The summed E-state index contributed by atoms with van der Waals surface area (Å²) in [6.07, 6.45) is 0.115. The summed E-state index contributed by atoms with van der Waals surface area (Å²) in [6, 6.07) is 24.4. The monoisotopic (exact) mass is 379 g/mol. The number of methoxy groups -OCH3 is 1. The zero-order valence-corrected chi connectivity index (χ0v) is 16.1. The van der Waals surface area contributed by atoms with Crippen molar-refractivity contribution >= 4 is 0 Å². The van der Waals surface area contributed by atoms with E-state index < -0.39 is 6.10 Å². The van der Waals surface area contributed by atoms with Crippen molar-refractivity contribution in [1.29, 1.82) is 0 Å². The Hall–Kier alpha value is -2.69. The Bertz CT molecular complexity index is 835. The van der Waals surface area contributed by atoms with Crippen LogP contribution in [-0.2, 0) is 19.5 Å². The molecule has 0 saturated carbocycles. The van der Waals surface area contributed by atoms with E-state index in [0.29, 0.717) is 26.1 Å². The van der Waals surface area contributed by atoms with Crippen molar-refractivity contribution in [2.24, 2.45) is 0 Å². The third-order valence-corrected chi connectivity index (χ3v) is 4.67. The van der Waals surface area contributed by atoms with Gasteiger partial charge in [-0.3, -0.25) is 4.90 Å². The quantitative estimate of drug-likeness (QED) is 0.597. The van der Waals surface area contributed by atoms with Crippen molar-refractivity contribution in [3.8, 4) is 5.75 Å². The number of rotatable bonds is 9. The van der Waals surface area contributed by atoms with E-state index >= 15 is 0 Å². The first kappa shape index (κ1) is 20.1. The van der Waals surface area contributed by atoms with Gasteiger partial charge in [-0.2, -0.15) is 0 Å². The lowest BCUT2D eigenvalue weighted by Crippen LogP contribution is -2.33. The fraction of sp³-hybridized carbons (Fsp3) is 0.250. The number of aliphatic hydroxyl groups is 1. The molecule has 28 heavy (non-hydrogen) atoms. The fourth-order valence-electron chi connectivity index (χ4n) is 3.27. The summed E-state index contributed by atoms with van der Waals surface area (Å²) < 4.78 is 18.5. The fourth-order valence-corrected chi connectivity index (χ4v) is 3.27. The van der Waals surface area contributed by atoms with Crippen LogP contribution in [0.5, 0.6) is 5.75 Å². The van der Waals surface area contributed by atoms with Gasteiger partial charge in [-0.15, -0.1) is 0 Å². The minimum atomic E-state index is -0.485. The number of hydrogen-bond acceptors (Lipinski definition) is 3. The summed E-state index contributed by atoms with van der Waals surface area (Å²) in [7, 11) is 1.65. The molecule has 3 aromatic rings. The molecule has 0 aliphatic heterocycles. The molecule has 0 unspecified atom stereocenters. The Morgan fingerprint density at radius 2 is 1.39 bits per heavy atom. The van der Waals surface area contributed by atoms with Crippen LogP contribution in [0.4, 0.5) is 4.39 Å². The summed E-state index contributed by atoms with van der Waals surface area (Å²) in [5.41, 5.74) is 3.26. The lowest BCUT2D eigenvalue weighted by Gasteiger charge is -2.25. The van der Waals surface area contributed by atoms with Gasteiger partial charge in [0.25, 0.3) is 0 Å². The smallest absolute Gasteiger partial charge is 0.123 e. The molecule has 0 spiro atoms. The van der Waals surface area contributed by atoms with E-state index in [1.807, 2.05) is 54.6 Å². The summed E-state index contributed by atoms with van der Waals surface area (Å²) in [5, 5.41) is 10.6. The summed E-state index contributed by atoms with van der Waals surface area (Å²) in [6.45, 7) is 1.85. The van der Waals surface area contributed by atoms with E-state index in [4.69, 9.17) is 4.74 Å². The maximum Gasteiger partial charge on any atom is 0.123 e. The second kappa shape index (κ2) is 10.0. The molecule has 0 aliphatic rings. The second-order valence-corrected chi connectivity index (χ2v) is 6.99. The van der Waals surface area contributed by atoms with E-state index in [0.717, 1.165) is 22.4 Å². The van der Waals surface area contributed by atoms with Crippen LogP contribution < -0.4 is 4.74 Å². The SMILES string of the molecule is COc1ccc(CN(Cc2ccc(F)cc2)C[C@@H](O)Cc2ccccc2)cc1. The summed E-state index contributed by atoms with van der Waals surface area (Å²) in [5.74, 6) is 0.576. The van der Waals surface area contributed by atoms with Gasteiger partial charge in [0, 0.05) is 19.6 Å². The molecule has 0 saturated heterocycles. The Labute approximate surface area is 166 Å². The molecule has 3 aromatic carbocycles. The first-order chi connectivity index (χ1) is 13.6. The topological polar surface area (TPSA) is 32.7 Å². The third-order valence-electron chi connectivity index (χ3n) is 4.67. The lowest BCUT2D eigenvalue weighted by molar-refractivity contribution is 0.104. The lowest BCUT2D eigenvalue weighted by atomic mass is 10.1. The van der Waals surface area contributed by atoms with Crippen molar-refractivity contribution < 1.29 is 14.2 Å². The highest BCUT2D eigenvalue weighted by molar-refractivity contribution is 5.27. The van der Waals surface area contributed by atoms with Crippen LogP contribution in [-0.4, -0.2) is 29.8 Å². The highest BCUT2D eigenvalue weighted by atomic mass is 19.1. The molecular weight excluding hydrogens is 353 g/mol. The Morgan fingerprint density at radius 3 is 1.96 bits per heavy atom. The standard InChI is InChI=1S/C24H26FNO2/c1-28-24-13-9-21(10-14-24)17-26(16-20-7-11-22(25)12-8-20)18-23(27)15-19-5-3-2-4-6-19/h2-14,23,27H,15-18H2,1H3/t23-/m0/s1. The van der Waals surface area contributed by atoms with Crippen LogP contribution in [0, 0.1) is 5.82 Å². The predicted octanol–water partition coefficient (Wildman–Crippen LogP) is 4.44. The van der Waals surface area contributed by atoms with Gasteiger partial charge in [-0.05, 0) is 47.4 Å². The maximum atomic E-state index is 13.2. The zero-order valence-electron chi connectivity index (χ0n) is 16.1. The zero-order chi connectivity index (χ0) is 19.8. The highest BCUT2D eigenvalue weighted by Crippen LogP contribution is 2.16. The third kappa shape index (κ3) is 6.19. The van der Waals surface area contributed by atoms with Gasteiger partial charge in [-0.1, -0.05) is 54.6 Å². The average molecular weight is 379 g/mol. The van der Waals surface area contributed by atoms with Gasteiger partial charge < -0.3 is 9.84 Å². The molecule has 146 valence electrons. The van der Waals surface area contributed by atoms with Crippen molar-refractivity contribution in [2.75, 3.05) is 13.7 Å². The molecule has 1 N–H and O–H groups in total. The minimum absolute atomic E-state index is 0.241.